The molecule has 0 heterocycles. The molecule has 0 aliphatic rings. The summed E-state index contributed by atoms with van der Waals surface area (Å²) < 4.78 is 21.3. The lowest BCUT2D eigenvalue weighted by Crippen LogP contribution is -1.92. The van der Waals surface area contributed by atoms with E-state index in [0.29, 0.717) is 10.6 Å². The summed E-state index contributed by atoms with van der Waals surface area (Å²) in [5.41, 5.74) is 1.94. The van der Waals surface area contributed by atoms with Crippen LogP contribution in [0.1, 0.15) is 11.1 Å². The third kappa shape index (κ3) is 3.51. The summed E-state index contributed by atoms with van der Waals surface area (Å²) in [5, 5.41) is 0. The lowest BCUT2D eigenvalue weighted by atomic mass is 10.2. The van der Waals surface area contributed by atoms with Crippen LogP contribution in [-0.4, -0.2) is 17.5 Å². The average Bonchev–Trinajstić information content (AvgIpc) is 2.45. The highest BCUT2D eigenvalue weighted by molar-refractivity contribution is 7.83. The average molecular weight is 273 g/mol. The summed E-state index contributed by atoms with van der Waals surface area (Å²) in [6.45, 7) is 1.99. The zero-order valence-corrected chi connectivity index (χ0v) is 11.7. The maximum Gasteiger partial charge on any atom is 0.172 e. The van der Waals surface area contributed by atoms with Gasteiger partial charge in [0.25, 0.3) is 0 Å². The summed E-state index contributed by atoms with van der Waals surface area (Å²) in [6.07, 6.45) is 1.58. The van der Waals surface area contributed by atoms with E-state index in [4.69, 9.17) is 4.74 Å². The van der Waals surface area contributed by atoms with Crippen LogP contribution in [-0.2, 0) is 11.0 Å². The van der Waals surface area contributed by atoms with Gasteiger partial charge >= 0.3 is 0 Å². The molecule has 0 spiro atoms. The zero-order valence-electron chi connectivity index (χ0n) is 10.9. The van der Waals surface area contributed by atoms with Gasteiger partial charge < -0.3 is 4.74 Å². The Morgan fingerprint density at radius 2 is 1.79 bits per heavy atom. The largest absolute Gasteiger partial charge is 0.496 e. The van der Waals surface area contributed by atoms with Crippen LogP contribution >= 0.6 is 0 Å². The van der Waals surface area contributed by atoms with E-state index in [2.05, 4.69) is 4.40 Å². The first-order chi connectivity index (χ1) is 9.20. The van der Waals surface area contributed by atoms with Crippen LogP contribution in [0.2, 0.25) is 0 Å². The maximum absolute atomic E-state index is 12.0. The van der Waals surface area contributed by atoms with E-state index in [1.54, 1.807) is 13.3 Å². The number of para-hydroxylation sites is 1. The Balaban J connectivity index is 2.18. The second-order valence-electron chi connectivity index (χ2n) is 4.04. The molecule has 2 aromatic rings. The van der Waals surface area contributed by atoms with Crippen LogP contribution in [0.15, 0.2) is 57.8 Å². The van der Waals surface area contributed by atoms with Gasteiger partial charge in [0, 0.05) is 11.8 Å². The number of methoxy groups -OCH3 is 1. The molecule has 0 fully saturated rings. The molecule has 98 valence electrons. The molecule has 2 rings (SSSR count). The minimum Gasteiger partial charge on any atom is -0.496 e. The molecule has 19 heavy (non-hydrogen) atoms. The van der Waals surface area contributed by atoms with E-state index in [1.165, 1.54) is 0 Å². The van der Waals surface area contributed by atoms with Crippen LogP contribution in [0.4, 0.5) is 0 Å². The molecule has 0 bridgehead atoms. The van der Waals surface area contributed by atoms with Crippen molar-refractivity contribution in [2.24, 2.45) is 4.40 Å². The molecule has 0 saturated heterocycles. The van der Waals surface area contributed by atoms with Crippen LogP contribution < -0.4 is 4.74 Å². The van der Waals surface area contributed by atoms with E-state index in [9.17, 15) is 4.21 Å². The van der Waals surface area contributed by atoms with E-state index in [0.717, 1.165) is 11.1 Å². The molecule has 0 aromatic heterocycles. The predicted molar refractivity (Wildman–Crippen MR) is 78.2 cm³/mol. The van der Waals surface area contributed by atoms with Gasteiger partial charge in [-0.05, 0) is 31.2 Å². The van der Waals surface area contributed by atoms with Crippen molar-refractivity contribution in [1.29, 1.82) is 0 Å². The number of hydrogen-bond acceptors (Lipinski definition) is 2. The summed E-state index contributed by atoms with van der Waals surface area (Å²) in [7, 11) is 0.212. The number of benzene rings is 2. The lowest BCUT2D eigenvalue weighted by Gasteiger charge is -2.02. The SMILES string of the molecule is COc1ccccc1/C=N/[S@@](=O)c1ccc(C)cc1. The summed E-state index contributed by atoms with van der Waals surface area (Å²) in [6, 6.07) is 15.0. The van der Waals surface area contributed by atoms with Crippen molar-refractivity contribution < 1.29 is 8.95 Å². The molecule has 4 heteroatoms. The van der Waals surface area contributed by atoms with Crippen molar-refractivity contribution in [1.82, 2.24) is 0 Å². The Morgan fingerprint density at radius 1 is 1.11 bits per heavy atom. The van der Waals surface area contributed by atoms with Crippen molar-refractivity contribution in [3.8, 4) is 5.75 Å². The third-order valence-electron chi connectivity index (χ3n) is 2.65. The Morgan fingerprint density at radius 3 is 2.47 bits per heavy atom. The number of ether oxygens (including phenoxy) is 1. The molecule has 1 atom stereocenters. The number of aryl methyl sites for hydroxylation is 1. The fraction of sp³-hybridized carbons (Fsp3) is 0.133. The normalized spacial score (nSPS) is 12.5. The van der Waals surface area contributed by atoms with Gasteiger partial charge in [-0.15, -0.1) is 0 Å². The van der Waals surface area contributed by atoms with Crippen LogP contribution in [0, 0.1) is 6.92 Å². The Bertz CT molecular complexity index is 606. The smallest absolute Gasteiger partial charge is 0.172 e. The fourth-order valence-electron chi connectivity index (χ4n) is 1.59. The highest BCUT2D eigenvalue weighted by Gasteiger charge is 2.02. The highest BCUT2D eigenvalue weighted by Crippen LogP contribution is 2.16. The first-order valence-corrected chi connectivity index (χ1v) is 6.97. The van der Waals surface area contributed by atoms with E-state index < -0.39 is 11.0 Å². The molecule has 0 aliphatic heterocycles. The molecule has 0 N–H and O–H groups in total. The number of nitrogens with zero attached hydrogens (tertiary/aromatic N) is 1. The number of hydrogen-bond donors (Lipinski definition) is 0. The van der Waals surface area contributed by atoms with Gasteiger partial charge in [0.15, 0.2) is 11.0 Å². The zero-order chi connectivity index (χ0) is 13.7. The molecule has 0 unspecified atom stereocenters. The summed E-state index contributed by atoms with van der Waals surface area (Å²) >= 11 is 0. The highest BCUT2D eigenvalue weighted by atomic mass is 32.2. The van der Waals surface area contributed by atoms with Crippen LogP contribution in [0.25, 0.3) is 0 Å². The van der Waals surface area contributed by atoms with Crippen molar-refractivity contribution in [2.45, 2.75) is 11.8 Å². The van der Waals surface area contributed by atoms with Gasteiger partial charge in [0.2, 0.25) is 0 Å². The van der Waals surface area contributed by atoms with Gasteiger partial charge in [0.1, 0.15) is 5.75 Å². The van der Waals surface area contributed by atoms with Gasteiger partial charge in [-0.1, -0.05) is 29.8 Å². The maximum atomic E-state index is 12.0. The van der Waals surface area contributed by atoms with Crippen molar-refractivity contribution in [2.75, 3.05) is 7.11 Å². The van der Waals surface area contributed by atoms with Gasteiger partial charge in [0.05, 0.1) is 12.0 Å². The molecule has 0 saturated carbocycles. The monoisotopic (exact) mass is 273 g/mol. The summed E-state index contributed by atoms with van der Waals surface area (Å²) in [5.74, 6) is 0.715. The molecule has 0 radical (unpaired) electrons. The third-order valence-corrected chi connectivity index (χ3v) is 3.62. The summed E-state index contributed by atoms with van der Waals surface area (Å²) in [4.78, 5) is 0.691. The van der Waals surface area contributed by atoms with Gasteiger partial charge in [-0.3, -0.25) is 0 Å². The van der Waals surface area contributed by atoms with Gasteiger partial charge in [-0.25, -0.2) is 4.21 Å². The Kier molecular flexibility index (Phi) is 4.47. The standard InChI is InChI=1S/C15H15NO2S/c1-12-7-9-14(10-8-12)19(17)16-11-13-5-3-4-6-15(13)18-2/h3-11H,1-2H3/b16-11+/t19-/m0/s1. The number of rotatable bonds is 4. The van der Waals surface area contributed by atoms with Crippen molar-refractivity contribution in [3.05, 3.63) is 59.7 Å². The Hall–Kier alpha value is -1.94. The fourth-order valence-corrected chi connectivity index (χ4v) is 2.29. The van der Waals surface area contributed by atoms with E-state index >= 15 is 0 Å². The molecule has 2 aromatic carbocycles. The Labute approximate surface area is 115 Å². The second-order valence-corrected chi connectivity index (χ2v) is 5.22. The minimum absolute atomic E-state index is 0.691. The van der Waals surface area contributed by atoms with E-state index in [-0.39, 0.29) is 0 Å². The van der Waals surface area contributed by atoms with E-state index in [1.807, 2.05) is 55.5 Å². The minimum atomic E-state index is -1.39. The molecule has 3 nitrogen and oxygen atoms in total. The van der Waals surface area contributed by atoms with Gasteiger partial charge in [-0.2, -0.15) is 4.40 Å². The van der Waals surface area contributed by atoms with Crippen LogP contribution in [0.3, 0.4) is 0 Å². The quantitative estimate of drug-likeness (QED) is 0.803. The molecular weight excluding hydrogens is 258 g/mol. The predicted octanol–water partition coefficient (Wildman–Crippen LogP) is 3.15. The van der Waals surface area contributed by atoms with Crippen molar-refractivity contribution >= 4 is 17.2 Å². The van der Waals surface area contributed by atoms with Crippen LogP contribution in [0.5, 0.6) is 5.75 Å². The second kappa shape index (κ2) is 6.29. The first kappa shape index (κ1) is 13.5. The molecule has 0 aliphatic carbocycles. The first-order valence-electron chi connectivity index (χ1n) is 5.86. The van der Waals surface area contributed by atoms with Crippen molar-refractivity contribution in [3.63, 3.8) is 0 Å². The molecule has 0 amide bonds. The lowest BCUT2D eigenvalue weighted by molar-refractivity contribution is 0.414. The topological polar surface area (TPSA) is 38.7 Å². The molecular formula is C15H15NO2S.